The van der Waals surface area contributed by atoms with E-state index in [0.717, 1.165) is 61.0 Å². The maximum absolute atomic E-state index is 13.1. The number of likely N-dealkylation sites (tertiary alicyclic amines) is 1. The number of aliphatic hydroxyl groups is 1. The van der Waals surface area contributed by atoms with Gasteiger partial charge in [0.05, 0.1) is 12.5 Å². The highest BCUT2D eigenvalue weighted by atomic mass is 16.6. The van der Waals surface area contributed by atoms with Gasteiger partial charge < -0.3 is 24.8 Å². The Balaban J connectivity index is 1.24. The largest absolute Gasteiger partial charge is 0.465 e. The number of carbonyl (C=O) groups excluding carboxylic acids is 1. The number of nitrogens with zero attached hydrogens (tertiary/aromatic N) is 1. The minimum absolute atomic E-state index is 0.135. The van der Waals surface area contributed by atoms with Crippen molar-refractivity contribution in [2.45, 2.75) is 44.2 Å². The molecule has 1 amide bonds. The summed E-state index contributed by atoms with van der Waals surface area (Å²) in [6.45, 7) is 2.46. The fourth-order valence-electron chi connectivity index (χ4n) is 4.97. The van der Waals surface area contributed by atoms with Gasteiger partial charge in [-0.15, -0.1) is 0 Å². The third kappa shape index (κ3) is 6.59. The molecular formula is C31H34N2O4. The van der Waals surface area contributed by atoms with Crippen molar-refractivity contribution < 1.29 is 19.4 Å². The van der Waals surface area contributed by atoms with Crippen LogP contribution in [0.15, 0.2) is 102 Å². The van der Waals surface area contributed by atoms with Crippen LogP contribution in [0.25, 0.3) is 11.1 Å². The molecule has 2 aromatic carbocycles. The first kappa shape index (κ1) is 25.1. The molecule has 2 aliphatic heterocycles. The molecule has 192 valence electrons. The number of carbonyl (C=O) groups is 1. The Labute approximate surface area is 218 Å². The number of hydrogen-bond donors (Lipinski definition) is 2. The van der Waals surface area contributed by atoms with Crippen LogP contribution in [0, 0.1) is 0 Å². The molecule has 0 aromatic heterocycles. The number of rotatable bonds is 9. The standard InChI is InChI=1S/C31H34N2O4/c34-30(19-23-13-15-25(16-14-23)24-9-3-1-4-10-24)32-27(20-33-17-7-8-18-33)31(35)29-22-36-21-28(37-29)26-11-5-2-6-12-26/h1-5,9-11,13-16,21-22,27,31,35H,6-8,12,17-20H2,(H,32,34)/t27-,31-/m1/s1. The molecule has 5 rings (SSSR count). The summed E-state index contributed by atoms with van der Waals surface area (Å²) in [6.07, 6.45) is 12.3. The molecule has 1 saturated heterocycles. The highest BCUT2D eigenvalue weighted by Crippen LogP contribution is 2.28. The lowest BCUT2D eigenvalue weighted by Crippen LogP contribution is -2.51. The normalized spacial score (nSPS) is 19.1. The SMILES string of the molecule is O=C(Cc1ccc(-c2ccccc2)cc1)N[C@H](CN1CCCC1)[C@@H](O)C1=COC=C(C2=CC=CCC2)O1. The average molecular weight is 499 g/mol. The smallest absolute Gasteiger partial charge is 0.224 e. The highest BCUT2D eigenvalue weighted by molar-refractivity contribution is 5.79. The van der Waals surface area contributed by atoms with Crippen LogP contribution in [-0.2, 0) is 20.7 Å². The average Bonchev–Trinajstić information content (AvgIpc) is 3.47. The van der Waals surface area contributed by atoms with Crippen LogP contribution in [0.2, 0.25) is 0 Å². The predicted molar refractivity (Wildman–Crippen MR) is 144 cm³/mol. The van der Waals surface area contributed by atoms with E-state index in [1.807, 2.05) is 54.6 Å². The van der Waals surface area contributed by atoms with Gasteiger partial charge in [-0.3, -0.25) is 4.79 Å². The molecule has 1 fully saturated rings. The van der Waals surface area contributed by atoms with Crippen molar-refractivity contribution in [1.29, 1.82) is 0 Å². The molecule has 0 radical (unpaired) electrons. The lowest BCUT2D eigenvalue weighted by Gasteiger charge is -2.31. The van der Waals surface area contributed by atoms with Crippen molar-refractivity contribution >= 4 is 5.91 Å². The topological polar surface area (TPSA) is 71.0 Å². The van der Waals surface area contributed by atoms with Gasteiger partial charge in [0.25, 0.3) is 0 Å². The molecule has 2 atom stereocenters. The molecule has 0 spiro atoms. The number of amides is 1. The molecule has 0 unspecified atom stereocenters. The first-order valence-electron chi connectivity index (χ1n) is 13.1. The quantitative estimate of drug-likeness (QED) is 0.518. The predicted octanol–water partition coefficient (Wildman–Crippen LogP) is 4.84. The lowest BCUT2D eigenvalue weighted by molar-refractivity contribution is -0.122. The fraction of sp³-hybridized carbons (Fsp3) is 0.323. The van der Waals surface area contributed by atoms with Gasteiger partial charge in [-0.05, 0) is 61.0 Å². The van der Waals surface area contributed by atoms with Crippen molar-refractivity contribution in [3.63, 3.8) is 0 Å². The summed E-state index contributed by atoms with van der Waals surface area (Å²) >= 11 is 0. The van der Waals surface area contributed by atoms with Crippen molar-refractivity contribution in [2.24, 2.45) is 0 Å². The van der Waals surface area contributed by atoms with Crippen LogP contribution in [-0.4, -0.2) is 47.7 Å². The maximum atomic E-state index is 13.1. The molecule has 2 N–H and O–H groups in total. The number of ether oxygens (including phenoxy) is 2. The zero-order valence-corrected chi connectivity index (χ0v) is 21.0. The van der Waals surface area contributed by atoms with Crippen LogP contribution in [0.3, 0.4) is 0 Å². The zero-order valence-electron chi connectivity index (χ0n) is 21.0. The molecular weight excluding hydrogens is 464 g/mol. The molecule has 6 nitrogen and oxygen atoms in total. The van der Waals surface area contributed by atoms with E-state index >= 15 is 0 Å². The Kier molecular flexibility index (Phi) is 8.18. The third-order valence-corrected chi connectivity index (χ3v) is 7.02. The van der Waals surface area contributed by atoms with E-state index in [9.17, 15) is 9.90 Å². The Bertz CT molecular complexity index is 1190. The molecule has 37 heavy (non-hydrogen) atoms. The van der Waals surface area contributed by atoms with Gasteiger partial charge in [-0.2, -0.15) is 0 Å². The number of nitrogens with one attached hydrogen (secondary N) is 1. The molecule has 0 saturated carbocycles. The summed E-state index contributed by atoms with van der Waals surface area (Å²) < 4.78 is 11.6. The summed E-state index contributed by atoms with van der Waals surface area (Å²) in [5.41, 5.74) is 4.20. The van der Waals surface area contributed by atoms with Crippen molar-refractivity contribution in [3.8, 4) is 11.1 Å². The number of aliphatic hydroxyl groups excluding tert-OH is 1. The van der Waals surface area contributed by atoms with E-state index in [1.54, 1.807) is 6.26 Å². The van der Waals surface area contributed by atoms with Gasteiger partial charge in [-0.25, -0.2) is 0 Å². The Hall–Kier alpha value is -3.61. The summed E-state index contributed by atoms with van der Waals surface area (Å²) in [4.78, 5) is 15.4. The van der Waals surface area contributed by atoms with Crippen LogP contribution < -0.4 is 5.32 Å². The first-order valence-corrected chi connectivity index (χ1v) is 13.1. The van der Waals surface area contributed by atoms with Crippen molar-refractivity contribution in [2.75, 3.05) is 19.6 Å². The molecule has 1 aliphatic carbocycles. The van der Waals surface area contributed by atoms with E-state index in [-0.39, 0.29) is 12.3 Å². The maximum Gasteiger partial charge on any atom is 0.224 e. The van der Waals surface area contributed by atoms with E-state index in [2.05, 4.69) is 28.4 Å². The first-order chi connectivity index (χ1) is 18.2. The van der Waals surface area contributed by atoms with Gasteiger partial charge in [0.15, 0.2) is 11.5 Å². The number of hydrogen-bond acceptors (Lipinski definition) is 5. The highest BCUT2D eigenvalue weighted by Gasteiger charge is 2.31. The second-order valence-electron chi connectivity index (χ2n) is 9.77. The number of benzene rings is 2. The Morgan fingerprint density at radius 3 is 2.49 bits per heavy atom. The van der Waals surface area contributed by atoms with Crippen LogP contribution in [0.5, 0.6) is 0 Å². The van der Waals surface area contributed by atoms with Crippen LogP contribution in [0.4, 0.5) is 0 Å². The molecule has 3 aliphatic rings. The van der Waals surface area contributed by atoms with E-state index in [0.29, 0.717) is 18.1 Å². The Morgan fingerprint density at radius 1 is 1.00 bits per heavy atom. The third-order valence-electron chi connectivity index (χ3n) is 7.02. The molecule has 0 bridgehead atoms. The molecule has 2 aromatic rings. The van der Waals surface area contributed by atoms with Gasteiger partial charge in [0.1, 0.15) is 18.6 Å². The van der Waals surface area contributed by atoms with Crippen molar-refractivity contribution in [3.05, 3.63) is 108 Å². The Morgan fingerprint density at radius 2 is 1.76 bits per heavy atom. The van der Waals surface area contributed by atoms with E-state index in [4.69, 9.17) is 9.47 Å². The van der Waals surface area contributed by atoms with Gasteiger partial charge in [0, 0.05) is 6.54 Å². The lowest BCUT2D eigenvalue weighted by atomic mass is 10.0. The minimum atomic E-state index is -1.03. The summed E-state index contributed by atoms with van der Waals surface area (Å²) in [6, 6.07) is 17.7. The van der Waals surface area contributed by atoms with E-state index < -0.39 is 12.1 Å². The fourth-order valence-corrected chi connectivity index (χ4v) is 4.97. The van der Waals surface area contributed by atoms with Gasteiger partial charge in [0.2, 0.25) is 5.91 Å². The summed E-state index contributed by atoms with van der Waals surface area (Å²) in [5, 5.41) is 14.4. The second-order valence-corrected chi connectivity index (χ2v) is 9.77. The van der Waals surface area contributed by atoms with Gasteiger partial charge in [-0.1, -0.05) is 72.8 Å². The van der Waals surface area contributed by atoms with Gasteiger partial charge >= 0.3 is 0 Å². The second kappa shape index (κ2) is 12.1. The van der Waals surface area contributed by atoms with E-state index in [1.165, 1.54) is 6.26 Å². The zero-order chi connectivity index (χ0) is 25.5. The molecule has 6 heteroatoms. The van der Waals surface area contributed by atoms with Crippen LogP contribution in [0.1, 0.15) is 31.2 Å². The van der Waals surface area contributed by atoms with Crippen molar-refractivity contribution in [1.82, 2.24) is 10.2 Å². The molecule has 2 heterocycles. The summed E-state index contributed by atoms with van der Waals surface area (Å²) in [5.74, 6) is 0.777. The monoisotopic (exact) mass is 498 g/mol. The van der Waals surface area contributed by atoms with Crippen LogP contribution >= 0.6 is 0 Å². The minimum Gasteiger partial charge on any atom is -0.465 e. The number of allylic oxidation sites excluding steroid dienone is 4. The summed E-state index contributed by atoms with van der Waals surface area (Å²) in [7, 11) is 0.